The Morgan fingerprint density at radius 3 is 2.52 bits per heavy atom. The first kappa shape index (κ1) is 19.1. The molecule has 0 bridgehead atoms. The Labute approximate surface area is 171 Å². The second-order valence-corrected chi connectivity index (χ2v) is 7.15. The minimum absolute atomic E-state index is 0.177. The number of fused-ring (bicyclic) bond motifs is 1. The highest BCUT2D eigenvalue weighted by Gasteiger charge is 2.17. The number of para-hydroxylation sites is 2. The molecule has 0 radical (unpaired) electrons. The standard InChI is InChI=1S/C22H20ClN3O3/c1-25-19(12-7-13-29-15-8-3-2-4-9-15)21-17(14-20(25)27)24-26(22(21)28)18-11-6-5-10-16(18)23/h2-6,8-11,14,24H,7,12-13H2,1H3. The molecule has 2 aromatic heterocycles. The van der Waals surface area contributed by atoms with Crippen LogP contribution in [0.15, 0.2) is 70.3 Å². The van der Waals surface area contributed by atoms with Gasteiger partial charge < -0.3 is 9.30 Å². The number of aromatic nitrogens is 3. The van der Waals surface area contributed by atoms with Crippen molar-refractivity contribution in [3.8, 4) is 11.4 Å². The number of H-pyrrole nitrogens is 1. The number of ether oxygens (including phenoxy) is 1. The highest BCUT2D eigenvalue weighted by molar-refractivity contribution is 6.32. The second-order valence-electron chi connectivity index (χ2n) is 6.75. The number of rotatable bonds is 6. The van der Waals surface area contributed by atoms with Crippen molar-refractivity contribution in [2.75, 3.05) is 6.61 Å². The fourth-order valence-corrected chi connectivity index (χ4v) is 3.62. The molecule has 0 unspecified atom stereocenters. The summed E-state index contributed by atoms with van der Waals surface area (Å²) in [6, 6.07) is 18.1. The zero-order valence-electron chi connectivity index (χ0n) is 15.9. The number of aromatic amines is 1. The number of hydrogen-bond donors (Lipinski definition) is 1. The van der Waals surface area contributed by atoms with Crippen molar-refractivity contribution in [2.24, 2.45) is 7.05 Å². The maximum absolute atomic E-state index is 13.1. The molecule has 2 aromatic carbocycles. The van der Waals surface area contributed by atoms with Gasteiger partial charge >= 0.3 is 0 Å². The molecule has 0 aliphatic rings. The van der Waals surface area contributed by atoms with E-state index in [-0.39, 0.29) is 11.1 Å². The van der Waals surface area contributed by atoms with Crippen molar-refractivity contribution >= 4 is 22.5 Å². The number of nitrogens with zero attached hydrogens (tertiary/aromatic N) is 2. The summed E-state index contributed by atoms with van der Waals surface area (Å²) in [6.07, 6.45) is 1.20. The molecule has 0 saturated carbocycles. The van der Waals surface area contributed by atoms with Crippen molar-refractivity contribution in [1.29, 1.82) is 0 Å². The zero-order valence-corrected chi connectivity index (χ0v) is 16.6. The lowest BCUT2D eigenvalue weighted by Crippen LogP contribution is -2.22. The first-order valence-corrected chi connectivity index (χ1v) is 9.70. The lowest BCUT2D eigenvalue weighted by molar-refractivity contribution is 0.310. The summed E-state index contributed by atoms with van der Waals surface area (Å²) in [5.41, 5.74) is 1.31. The van der Waals surface area contributed by atoms with Gasteiger partial charge in [0.1, 0.15) is 5.75 Å². The van der Waals surface area contributed by atoms with Crippen molar-refractivity contribution in [2.45, 2.75) is 12.8 Å². The SMILES string of the molecule is Cn1c(CCCOc2ccccc2)c2c(=O)n(-c3ccccc3Cl)[nH]c2cc1=O. The fourth-order valence-electron chi connectivity index (χ4n) is 3.40. The molecule has 2 heterocycles. The second kappa shape index (κ2) is 8.01. The summed E-state index contributed by atoms with van der Waals surface area (Å²) in [4.78, 5) is 25.6. The number of aryl methyl sites for hydroxylation is 1. The first-order chi connectivity index (χ1) is 14.1. The van der Waals surface area contributed by atoms with Crippen molar-refractivity contribution < 1.29 is 4.74 Å². The Morgan fingerprint density at radius 1 is 1.03 bits per heavy atom. The summed E-state index contributed by atoms with van der Waals surface area (Å²) in [5.74, 6) is 0.794. The van der Waals surface area contributed by atoms with Crippen LogP contribution in [0.2, 0.25) is 5.02 Å². The van der Waals surface area contributed by atoms with E-state index in [1.54, 1.807) is 31.3 Å². The molecule has 0 aliphatic carbocycles. The maximum Gasteiger partial charge on any atom is 0.280 e. The van der Waals surface area contributed by atoms with Crippen LogP contribution in [0.3, 0.4) is 0 Å². The number of pyridine rings is 1. The smallest absolute Gasteiger partial charge is 0.280 e. The average molecular weight is 410 g/mol. The summed E-state index contributed by atoms with van der Waals surface area (Å²) in [6.45, 7) is 0.484. The van der Waals surface area contributed by atoms with Crippen LogP contribution in [0.25, 0.3) is 16.6 Å². The van der Waals surface area contributed by atoms with Gasteiger partial charge in [-0.1, -0.05) is 41.9 Å². The maximum atomic E-state index is 13.1. The predicted octanol–water partition coefficient (Wildman–Crippen LogP) is 3.68. The lowest BCUT2D eigenvalue weighted by Gasteiger charge is -2.10. The molecule has 7 heteroatoms. The van der Waals surface area contributed by atoms with Gasteiger partial charge in [0.2, 0.25) is 0 Å². The molecule has 0 aliphatic heterocycles. The van der Waals surface area contributed by atoms with E-state index in [2.05, 4.69) is 5.10 Å². The summed E-state index contributed by atoms with van der Waals surface area (Å²) >= 11 is 6.26. The molecule has 148 valence electrons. The van der Waals surface area contributed by atoms with Gasteiger partial charge in [-0.15, -0.1) is 0 Å². The van der Waals surface area contributed by atoms with E-state index in [1.807, 2.05) is 30.3 Å². The van der Waals surface area contributed by atoms with Crippen LogP contribution in [-0.4, -0.2) is 21.0 Å². The monoisotopic (exact) mass is 409 g/mol. The van der Waals surface area contributed by atoms with Gasteiger partial charge in [-0.2, -0.15) is 0 Å². The number of halogens is 1. The predicted molar refractivity (Wildman–Crippen MR) is 114 cm³/mol. The molecule has 0 amide bonds. The number of nitrogens with one attached hydrogen (secondary N) is 1. The van der Waals surface area contributed by atoms with Gasteiger partial charge in [-0.05, 0) is 37.1 Å². The highest BCUT2D eigenvalue weighted by Crippen LogP contribution is 2.20. The van der Waals surface area contributed by atoms with Gasteiger partial charge in [-0.25, -0.2) is 4.68 Å². The highest BCUT2D eigenvalue weighted by atomic mass is 35.5. The van der Waals surface area contributed by atoms with Crippen LogP contribution >= 0.6 is 11.6 Å². The van der Waals surface area contributed by atoms with E-state index in [0.717, 1.165) is 5.75 Å². The van der Waals surface area contributed by atoms with Gasteiger partial charge in [-0.3, -0.25) is 14.7 Å². The minimum Gasteiger partial charge on any atom is -0.494 e. The normalized spacial score (nSPS) is 11.1. The first-order valence-electron chi connectivity index (χ1n) is 9.32. The Hall–Kier alpha value is -3.25. The number of hydrogen-bond acceptors (Lipinski definition) is 3. The Balaban J connectivity index is 1.68. The van der Waals surface area contributed by atoms with Crippen LogP contribution < -0.4 is 15.9 Å². The van der Waals surface area contributed by atoms with E-state index in [4.69, 9.17) is 16.3 Å². The molecule has 6 nitrogen and oxygen atoms in total. The molecular weight excluding hydrogens is 390 g/mol. The number of benzene rings is 2. The van der Waals surface area contributed by atoms with Crippen LogP contribution in [0.5, 0.6) is 5.75 Å². The van der Waals surface area contributed by atoms with Crippen LogP contribution in [0.4, 0.5) is 0 Å². The topological polar surface area (TPSA) is 69.0 Å². The molecule has 29 heavy (non-hydrogen) atoms. The average Bonchev–Trinajstić information content (AvgIpc) is 3.04. The molecule has 0 spiro atoms. The molecule has 1 N–H and O–H groups in total. The Bertz CT molecular complexity index is 1270. The van der Waals surface area contributed by atoms with E-state index >= 15 is 0 Å². The summed E-state index contributed by atoms with van der Waals surface area (Å²) < 4.78 is 8.64. The molecule has 0 atom stereocenters. The largest absolute Gasteiger partial charge is 0.494 e. The summed E-state index contributed by atoms with van der Waals surface area (Å²) in [7, 11) is 1.68. The van der Waals surface area contributed by atoms with Crippen molar-refractivity contribution in [3.63, 3.8) is 0 Å². The quantitative estimate of drug-likeness (QED) is 0.494. The zero-order chi connectivity index (χ0) is 20.4. The van der Waals surface area contributed by atoms with Crippen LogP contribution in [0.1, 0.15) is 12.1 Å². The van der Waals surface area contributed by atoms with Crippen molar-refractivity contribution in [3.05, 3.63) is 92.1 Å². The lowest BCUT2D eigenvalue weighted by atomic mass is 10.1. The minimum atomic E-state index is -0.234. The van der Waals surface area contributed by atoms with Gasteiger partial charge in [0, 0.05) is 18.8 Å². The molecule has 4 aromatic rings. The molecular formula is C22H20ClN3O3. The van der Waals surface area contributed by atoms with Gasteiger partial charge in [0.25, 0.3) is 11.1 Å². The van der Waals surface area contributed by atoms with Gasteiger partial charge in [0.15, 0.2) is 0 Å². The molecule has 0 fully saturated rings. The fraction of sp³-hybridized carbons (Fsp3) is 0.182. The molecule has 4 rings (SSSR count). The van der Waals surface area contributed by atoms with E-state index < -0.39 is 0 Å². The van der Waals surface area contributed by atoms with Crippen LogP contribution in [-0.2, 0) is 13.5 Å². The molecule has 0 saturated heterocycles. The van der Waals surface area contributed by atoms with Gasteiger partial charge in [0.05, 0.1) is 28.2 Å². The third kappa shape index (κ3) is 3.71. The third-order valence-corrected chi connectivity index (χ3v) is 5.19. The Morgan fingerprint density at radius 2 is 1.76 bits per heavy atom. The van der Waals surface area contributed by atoms with E-state index in [1.165, 1.54) is 15.3 Å². The Kier molecular flexibility index (Phi) is 5.27. The van der Waals surface area contributed by atoms with Crippen LogP contribution in [0, 0.1) is 0 Å². The van der Waals surface area contributed by atoms with Crippen molar-refractivity contribution in [1.82, 2.24) is 14.3 Å². The van der Waals surface area contributed by atoms with E-state index in [9.17, 15) is 9.59 Å². The van der Waals surface area contributed by atoms with E-state index in [0.29, 0.717) is 46.8 Å². The summed E-state index contributed by atoms with van der Waals surface area (Å²) in [5, 5.41) is 3.96. The third-order valence-electron chi connectivity index (χ3n) is 4.87.